The van der Waals surface area contributed by atoms with Crippen LogP contribution < -0.4 is 10.2 Å². The van der Waals surface area contributed by atoms with E-state index in [1.165, 1.54) is 6.21 Å². The minimum Gasteiger partial charge on any atom is -0.478 e. The van der Waals surface area contributed by atoms with Crippen LogP contribution in [0.15, 0.2) is 48.7 Å². The van der Waals surface area contributed by atoms with Gasteiger partial charge in [-0.3, -0.25) is 4.79 Å². The summed E-state index contributed by atoms with van der Waals surface area (Å²) in [6.45, 7) is 2.44. The van der Waals surface area contributed by atoms with E-state index < -0.39 is 5.97 Å². The summed E-state index contributed by atoms with van der Waals surface area (Å²) >= 11 is 13.1. The maximum atomic E-state index is 13.6. The number of nitrogens with one attached hydrogen (secondary N) is 2. The van der Waals surface area contributed by atoms with E-state index in [2.05, 4.69) is 10.2 Å². The molecule has 41 heavy (non-hydrogen) atoms. The molecule has 2 aliphatic rings. The number of rotatable bonds is 7. The number of piperidine rings is 1. The molecule has 1 saturated heterocycles. The highest BCUT2D eigenvalue weighted by molar-refractivity contribution is 6.40. The Morgan fingerprint density at radius 2 is 1.78 bits per heavy atom. The first-order valence-electron chi connectivity index (χ1n) is 13.6. The summed E-state index contributed by atoms with van der Waals surface area (Å²) in [4.78, 5) is 34.3. The first-order valence-corrected chi connectivity index (χ1v) is 14.3. The van der Waals surface area contributed by atoms with Gasteiger partial charge in [-0.1, -0.05) is 41.4 Å². The van der Waals surface area contributed by atoms with Crippen LogP contribution in [0.25, 0.3) is 16.8 Å². The molecule has 0 bridgehead atoms. The Balaban J connectivity index is 1.44. The van der Waals surface area contributed by atoms with Crippen LogP contribution in [0.1, 0.15) is 56.7 Å². The molecule has 1 aromatic heterocycles. The standard InChI is InChI=1S/C31H31Cl2N5O3/c1-35-17-21(16-34)20-14-25(32)28(26(33)15-20)30(39)38-13-10-22-19(18-38)6-5-7-23(22)27-9-8-24(31(40)41)29(36-27)37-11-3-2-4-12-37/h5-9,14-17,34-35H,2-4,10-13,18H2,1H3,(H,40,41)/b21-17+,34-16?. The van der Waals surface area contributed by atoms with Gasteiger partial charge in [0.1, 0.15) is 11.4 Å². The van der Waals surface area contributed by atoms with Crippen molar-refractivity contribution in [3.8, 4) is 11.3 Å². The molecule has 2 aromatic carbocycles. The number of fused-ring (bicyclic) bond motifs is 1. The second-order valence-corrected chi connectivity index (χ2v) is 11.0. The van der Waals surface area contributed by atoms with Gasteiger partial charge in [-0.15, -0.1) is 0 Å². The van der Waals surface area contributed by atoms with Crippen LogP contribution in [-0.2, 0) is 13.0 Å². The number of carboxylic acid groups (broad SMARTS) is 1. The summed E-state index contributed by atoms with van der Waals surface area (Å²) in [5.41, 5.74) is 5.44. The fraction of sp³-hybridized carbons (Fsp3) is 0.290. The monoisotopic (exact) mass is 591 g/mol. The molecule has 0 atom stereocenters. The van der Waals surface area contributed by atoms with Crippen LogP contribution in [0.4, 0.5) is 5.82 Å². The second-order valence-electron chi connectivity index (χ2n) is 10.2. The second kappa shape index (κ2) is 12.3. The summed E-state index contributed by atoms with van der Waals surface area (Å²) < 4.78 is 0. The Bertz CT molecular complexity index is 1530. The predicted molar refractivity (Wildman–Crippen MR) is 163 cm³/mol. The van der Waals surface area contributed by atoms with Gasteiger partial charge in [0, 0.05) is 56.8 Å². The normalized spacial score (nSPS) is 15.3. The van der Waals surface area contributed by atoms with Gasteiger partial charge in [-0.25, -0.2) is 9.78 Å². The molecule has 3 heterocycles. The largest absolute Gasteiger partial charge is 0.478 e. The molecule has 0 aliphatic carbocycles. The van der Waals surface area contributed by atoms with Gasteiger partial charge in [-0.2, -0.15) is 0 Å². The van der Waals surface area contributed by atoms with E-state index in [1.807, 2.05) is 18.2 Å². The first kappa shape index (κ1) is 28.6. The molecule has 1 amide bonds. The van der Waals surface area contributed by atoms with Crippen molar-refractivity contribution in [1.82, 2.24) is 15.2 Å². The highest BCUT2D eigenvalue weighted by Gasteiger charge is 2.28. The lowest BCUT2D eigenvalue weighted by molar-refractivity contribution is 0.0695. The molecule has 212 valence electrons. The zero-order chi connectivity index (χ0) is 29.1. The van der Waals surface area contributed by atoms with Crippen molar-refractivity contribution in [1.29, 1.82) is 5.41 Å². The number of allylic oxidation sites excluding steroid dienone is 1. The van der Waals surface area contributed by atoms with Gasteiger partial charge >= 0.3 is 5.97 Å². The SMILES string of the molecule is CN/C=C(\C=N)c1cc(Cl)c(C(=O)N2CCc3c(cccc3-c3ccc(C(=O)O)c(N4CCCCC4)n3)C2)c(Cl)c1. The number of aromatic nitrogens is 1. The van der Waals surface area contributed by atoms with Crippen LogP contribution in [0.2, 0.25) is 10.0 Å². The molecule has 0 saturated carbocycles. The molecular formula is C31H31Cl2N5O3. The Morgan fingerprint density at radius 1 is 1.05 bits per heavy atom. The Labute approximate surface area is 249 Å². The summed E-state index contributed by atoms with van der Waals surface area (Å²) in [6, 6.07) is 12.7. The zero-order valence-electron chi connectivity index (χ0n) is 22.7. The van der Waals surface area contributed by atoms with Crippen molar-refractivity contribution < 1.29 is 14.7 Å². The fourth-order valence-electron chi connectivity index (χ4n) is 5.60. The molecular weight excluding hydrogens is 561 g/mol. The van der Waals surface area contributed by atoms with Crippen molar-refractivity contribution in [3.63, 3.8) is 0 Å². The highest BCUT2D eigenvalue weighted by atomic mass is 35.5. The van der Waals surface area contributed by atoms with E-state index in [-0.39, 0.29) is 27.1 Å². The molecule has 1 fully saturated rings. The summed E-state index contributed by atoms with van der Waals surface area (Å²) in [5.74, 6) is -0.720. The molecule has 10 heteroatoms. The molecule has 0 spiro atoms. The van der Waals surface area contributed by atoms with Gasteiger partial charge < -0.3 is 25.6 Å². The van der Waals surface area contributed by atoms with Crippen LogP contribution in [0, 0.1) is 5.41 Å². The number of nitrogens with zero attached hydrogens (tertiary/aromatic N) is 3. The van der Waals surface area contributed by atoms with E-state index in [1.54, 1.807) is 42.4 Å². The molecule has 8 nitrogen and oxygen atoms in total. The number of amides is 1. The number of benzene rings is 2. The van der Waals surface area contributed by atoms with E-state index in [0.29, 0.717) is 36.5 Å². The number of halogens is 2. The maximum Gasteiger partial charge on any atom is 0.339 e. The number of hydrogen-bond acceptors (Lipinski definition) is 6. The third-order valence-corrected chi connectivity index (χ3v) is 8.23. The van der Waals surface area contributed by atoms with Gasteiger partial charge in [0.15, 0.2) is 0 Å². The predicted octanol–water partition coefficient (Wildman–Crippen LogP) is 6.15. The molecule has 3 aromatic rings. The van der Waals surface area contributed by atoms with Crippen molar-refractivity contribution in [2.75, 3.05) is 31.6 Å². The summed E-state index contributed by atoms with van der Waals surface area (Å²) in [7, 11) is 1.74. The highest BCUT2D eigenvalue weighted by Crippen LogP contribution is 2.35. The molecule has 2 aliphatic heterocycles. The first-order chi connectivity index (χ1) is 19.8. The molecule has 0 unspecified atom stereocenters. The average Bonchev–Trinajstić information content (AvgIpc) is 2.98. The number of aromatic carboxylic acids is 1. The Kier molecular flexibility index (Phi) is 8.61. The lowest BCUT2D eigenvalue weighted by Crippen LogP contribution is -2.36. The van der Waals surface area contributed by atoms with E-state index in [4.69, 9.17) is 33.6 Å². The summed E-state index contributed by atoms with van der Waals surface area (Å²) in [6.07, 6.45) is 6.63. The number of carboxylic acids is 1. The van der Waals surface area contributed by atoms with Crippen LogP contribution in [-0.4, -0.2) is 59.8 Å². The Hall–Kier alpha value is -3.88. The van der Waals surface area contributed by atoms with Crippen molar-refractivity contribution >= 4 is 52.7 Å². The number of anilines is 1. The number of hydrogen-bond donors (Lipinski definition) is 3. The van der Waals surface area contributed by atoms with Gasteiger partial charge in [0.05, 0.1) is 21.3 Å². The number of carbonyl (C=O) groups is 2. The Morgan fingerprint density at radius 3 is 2.44 bits per heavy atom. The van der Waals surface area contributed by atoms with Crippen molar-refractivity contribution in [2.45, 2.75) is 32.2 Å². The number of pyridine rings is 1. The van der Waals surface area contributed by atoms with Crippen molar-refractivity contribution in [3.05, 3.63) is 86.5 Å². The smallest absolute Gasteiger partial charge is 0.339 e. The van der Waals surface area contributed by atoms with Crippen LogP contribution in [0.3, 0.4) is 0 Å². The lowest BCUT2D eigenvalue weighted by atomic mass is 9.92. The minimum absolute atomic E-state index is 0.214. The van der Waals surface area contributed by atoms with E-state index >= 15 is 0 Å². The quantitative estimate of drug-likeness (QED) is 0.284. The maximum absolute atomic E-state index is 13.6. The van der Waals surface area contributed by atoms with Crippen molar-refractivity contribution in [2.24, 2.45) is 0 Å². The third kappa shape index (κ3) is 5.80. The third-order valence-electron chi connectivity index (χ3n) is 7.63. The average molecular weight is 593 g/mol. The molecule has 3 N–H and O–H groups in total. The van der Waals surface area contributed by atoms with E-state index in [0.717, 1.165) is 54.7 Å². The van der Waals surface area contributed by atoms with Gasteiger partial charge in [0.2, 0.25) is 0 Å². The van der Waals surface area contributed by atoms with E-state index in [9.17, 15) is 14.7 Å². The molecule has 0 radical (unpaired) electrons. The summed E-state index contributed by atoms with van der Waals surface area (Å²) in [5, 5.41) is 20.8. The number of carbonyl (C=O) groups excluding carboxylic acids is 1. The van der Waals surface area contributed by atoms with Gasteiger partial charge in [0.25, 0.3) is 5.91 Å². The molecule has 5 rings (SSSR count). The topological polar surface area (TPSA) is 110 Å². The lowest BCUT2D eigenvalue weighted by Gasteiger charge is -2.31. The zero-order valence-corrected chi connectivity index (χ0v) is 24.2. The minimum atomic E-state index is -0.980. The fourth-order valence-corrected chi connectivity index (χ4v) is 6.25. The van der Waals surface area contributed by atoms with Crippen LogP contribution in [0.5, 0.6) is 0 Å². The van der Waals surface area contributed by atoms with Gasteiger partial charge in [-0.05, 0) is 66.6 Å². The van der Waals surface area contributed by atoms with Crippen LogP contribution >= 0.6 is 23.2 Å².